The first-order valence-electron chi connectivity index (χ1n) is 16.6. The van der Waals surface area contributed by atoms with Crippen LogP contribution in [0.3, 0.4) is 0 Å². The van der Waals surface area contributed by atoms with Gasteiger partial charge in [0.1, 0.15) is 18.2 Å². The molecule has 0 N–H and O–H groups in total. The first-order valence-corrected chi connectivity index (χ1v) is 16.6. The monoisotopic (exact) mass is 631 g/mol. The van der Waals surface area contributed by atoms with Crippen molar-refractivity contribution in [2.24, 2.45) is 15.9 Å². The molecule has 0 aromatic heterocycles. The van der Waals surface area contributed by atoms with E-state index in [1.807, 2.05) is 30.0 Å². The zero-order chi connectivity index (χ0) is 32.0. The van der Waals surface area contributed by atoms with Crippen LogP contribution >= 0.6 is 0 Å². The molecule has 0 saturated carbocycles. The molecule has 11 nitrogen and oxygen atoms in total. The van der Waals surface area contributed by atoms with Crippen molar-refractivity contribution in [2.75, 3.05) is 98.9 Å². The van der Waals surface area contributed by atoms with Gasteiger partial charge in [-0.2, -0.15) is 4.99 Å². The number of fused-ring (bicyclic) bond motifs is 2. The Morgan fingerprint density at radius 2 is 1.85 bits per heavy atom. The van der Waals surface area contributed by atoms with Crippen LogP contribution in [0.15, 0.2) is 58.5 Å². The van der Waals surface area contributed by atoms with Crippen LogP contribution in [0.2, 0.25) is 0 Å². The number of amidine groups is 2. The fourth-order valence-electron chi connectivity index (χ4n) is 7.03. The van der Waals surface area contributed by atoms with Gasteiger partial charge in [0, 0.05) is 88.1 Å². The summed E-state index contributed by atoms with van der Waals surface area (Å²) in [6, 6.07) is 13.5. The van der Waals surface area contributed by atoms with Crippen LogP contribution in [0, 0.1) is 5.92 Å². The summed E-state index contributed by atoms with van der Waals surface area (Å²) in [6.07, 6.45) is 6.89. The number of likely N-dealkylation sites (N-methyl/N-ethyl adjacent to an activating group) is 2. The lowest BCUT2D eigenvalue weighted by Gasteiger charge is -2.44. The number of carbonyl (C=O) groups excluding carboxylic acids is 1. The maximum atomic E-state index is 12.8. The van der Waals surface area contributed by atoms with Crippen LogP contribution in [0.1, 0.15) is 19.3 Å². The van der Waals surface area contributed by atoms with E-state index in [0.29, 0.717) is 31.8 Å². The van der Waals surface area contributed by atoms with Gasteiger partial charge >= 0.3 is 6.02 Å². The third kappa shape index (κ3) is 7.48. The van der Waals surface area contributed by atoms with Gasteiger partial charge in [-0.15, -0.1) is 0 Å². The van der Waals surface area contributed by atoms with E-state index in [0.717, 1.165) is 74.8 Å². The number of ether oxygens (including phenoxy) is 3. The third-order valence-electron chi connectivity index (χ3n) is 9.62. The van der Waals surface area contributed by atoms with Gasteiger partial charge in [-0.1, -0.05) is 30.3 Å². The van der Waals surface area contributed by atoms with Gasteiger partial charge in [-0.3, -0.25) is 4.79 Å². The number of benzene rings is 2. The first-order chi connectivity index (χ1) is 22.4. The van der Waals surface area contributed by atoms with Gasteiger partial charge in [0.2, 0.25) is 5.91 Å². The molecule has 2 aromatic carbocycles. The van der Waals surface area contributed by atoms with Crippen LogP contribution in [0.25, 0.3) is 10.8 Å². The second kappa shape index (κ2) is 14.8. The molecule has 0 spiro atoms. The molecule has 1 amide bonds. The van der Waals surface area contributed by atoms with Gasteiger partial charge in [0.15, 0.2) is 6.79 Å². The number of anilines is 1. The predicted octanol–water partition coefficient (Wildman–Crippen LogP) is 3.16. The molecule has 2 unspecified atom stereocenters. The molecule has 46 heavy (non-hydrogen) atoms. The van der Waals surface area contributed by atoms with Gasteiger partial charge in [0.25, 0.3) is 0 Å². The number of rotatable bonds is 9. The minimum absolute atomic E-state index is 0.00787. The van der Waals surface area contributed by atoms with E-state index in [1.54, 1.807) is 13.2 Å². The minimum Gasteiger partial charge on any atom is -0.467 e. The number of likely N-dealkylation sites (tertiary alicyclic amines) is 1. The zero-order valence-corrected chi connectivity index (χ0v) is 27.8. The third-order valence-corrected chi connectivity index (χ3v) is 9.62. The Morgan fingerprint density at radius 3 is 2.61 bits per heavy atom. The summed E-state index contributed by atoms with van der Waals surface area (Å²) < 4.78 is 17.5. The molecular weight excluding hydrogens is 582 g/mol. The summed E-state index contributed by atoms with van der Waals surface area (Å²) in [5.74, 6) is 2.13. The Balaban J connectivity index is 1.21. The van der Waals surface area contributed by atoms with Crippen LogP contribution in [-0.4, -0.2) is 143 Å². The SMILES string of the molecule is COCOc1cc(N2CCC3C(N4CCN(C(=O)/C=C/CN(C)C)CC4)=NC(OC[C@@H]4CCCN4C)=NC3C2)c2ccccc2c1. The normalized spacial score (nSPS) is 24.0. The van der Waals surface area contributed by atoms with E-state index >= 15 is 0 Å². The van der Waals surface area contributed by atoms with Crippen molar-refractivity contribution in [1.82, 2.24) is 19.6 Å². The minimum atomic E-state index is 0.00787. The average molecular weight is 632 g/mol. The highest BCUT2D eigenvalue weighted by atomic mass is 16.7. The average Bonchev–Trinajstić information content (AvgIpc) is 3.49. The number of piperazine rings is 1. The van der Waals surface area contributed by atoms with Crippen molar-refractivity contribution in [3.63, 3.8) is 0 Å². The lowest BCUT2D eigenvalue weighted by Crippen LogP contribution is -2.57. The zero-order valence-electron chi connectivity index (χ0n) is 27.8. The van der Waals surface area contributed by atoms with Crippen molar-refractivity contribution in [2.45, 2.75) is 31.3 Å². The van der Waals surface area contributed by atoms with Crippen molar-refractivity contribution < 1.29 is 19.0 Å². The van der Waals surface area contributed by atoms with Gasteiger partial charge in [-0.05, 0) is 58.4 Å². The number of piperidine rings is 1. The molecule has 0 aliphatic carbocycles. The number of aliphatic imine (C=N–C) groups is 2. The lowest BCUT2D eigenvalue weighted by atomic mass is 9.88. The Labute approximate surface area is 273 Å². The number of nitrogens with zero attached hydrogens (tertiary/aromatic N) is 7. The Hall–Kier alpha value is -3.67. The summed E-state index contributed by atoms with van der Waals surface area (Å²) in [6.45, 7) is 7.14. The molecule has 0 radical (unpaired) electrons. The molecule has 248 valence electrons. The quantitative estimate of drug-likeness (QED) is 0.309. The largest absolute Gasteiger partial charge is 0.467 e. The number of methoxy groups -OCH3 is 1. The molecule has 6 rings (SSSR count). The van der Waals surface area contributed by atoms with E-state index in [2.05, 4.69) is 58.1 Å². The van der Waals surface area contributed by atoms with Crippen LogP contribution in [-0.2, 0) is 14.3 Å². The number of hydrogen-bond donors (Lipinski definition) is 0. The maximum Gasteiger partial charge on any atom is 0.313 e. The van der Waals surface area contributed by atoms with E-state index < -0.39 is 0 Å². The molecule has 11 heteroatoms. The summed E-state index contributed by atoms with van der Waals surface area (Å²) in [4.78, 5) is 34.2. The summed E-state index contributed by atoms with van der Waals surface area (Å²) in [5, 5.41) is 2.33. The molecule has 3 atom stereocenters. The molecule has 0 bridgehead atoms. The van der Waals surface area contributed by atoms with Crippen molar-refractivity contribution in [3.05, 3.63) is 48.6 Å². The van der Waals surface area contributed by atoms with Crippen LogP contribution < -0.4 is 9.64 Å². The van der Waals surface area contributed by atoms with E-state index in [-0.39, 0.29) is 24.7 Å². The maximum absolute atomic E-state index is 12.8. The summed E-state index contributed by atoms with van der Waals surface area (Å²) >= 11 is 0. The molecular formula is C35H49N7O4. The van der Waals surface area contributed by atoms with Gasteiger partial charge in [-0.25, -0.2) is 4.99 Å². The molecule has 3 saturated heterocycles. The first kappa shape index (κ1) is 32.3. The molecule has 2 aromatic rings. The fourth-order valence-corrected chi connectivity index (χ4v) is 7.03. The summed E-state index contributed by atoms with van der Waals surface area (Å²) in [5.41, 5.74) is 1.14. The fraction of sp³-hybridized carbons (Fsp3) is 0.571. The predicted molar refractivity (Wildman–Crippen MR) is 183 cm³/mol. The standard InChI is InChI=1S/C35H49N7O4/c1-38(2)14-8-12-33(43)40-17-19-41(20-18-40)34-30-13-16-42(23-31(30)36-35(37-34)45-24-27-10-7-15-39(27)3)32-22-28(46-25-44-4)21-26-9-5-6-11-29(26)32/h5-6,8-9,11-12,21-22,27,30-31H,7,10,13-20,23-25H2,1-4H3/b12-8+/t27-,30?,31?/m0/s1. The molecule has 4 aliphatic heterocycles. The molecule has 4 heterocycles. The highest BCUT2D eigenvalue weighted by Crippen LogP contribution is 2.36. The van der Waals surface area contributed by atoms with Crippen molar-refractivity contribution >= 4 is 34.2 Å². The summed E-state index contributed by atoms with van der Waals surface area (Å²) in [7, 11) is 7.80. The van der Waals surface area contributed by atoms with Crippen LogP contribution in [0.4, 0.5) is 5.69 Å². The Morgan fingerprint density at radius 1 is 1.02 bits per heavy atom. The lowest BCUT2D eigenvalue weighted by molar-refractivity contribution is -0.127. The number of hydrogen-bond acceptors (Lipinski definition) is 10. The Kier molecular flexibility index (Phi) is 10.4. The second-order valence-electron chi connectivity index (χ2n) is 13.1. The van der Waals surface area contributed by atoms with Crippen molar-refractivity contribution in [3.8, 4) is 5.75 Å². The van der Waals surface area contributed by atoms with E-state index in [9.17, 15) is 4.79 Å². The van der Waals surface area contributed by atoms with Gasteiger partial charge < -0.3 is 38.7 Å². The van der Waals surface area contributed by atoms with Crippen molar-refractivity contribution in [1.29, 1.82) is 0 Å². The molecule has 4 aliphatic rings. The second-order valence-corrected chi connectivity index (χ2v) is 13.1. The highest BCUT2D eigenvalue weighted by molar-refractivity contribution is 5.99. The van der Waals surface area contributed by atoms with E-state index in [1.165, 1.54) is 11.8 Å². The van der Waals surface area contributed by atoms with Gasteiger partial charge in [0.05, 0.1) is 6.04 Å². The molecule has 3 fully saturated rings. The highest BCUT2D eigenvalue weighted by Gasteiger charge is 2.40. The number of amides is 1. The number of carbonyl (C=O) groups is 1. The van der Waals surface area contributed by atoms with E-state index in [4.69, 9.17) is 24.2 Å². The Bertz CT molecular complexity index is 1450. The smallest absolute Gasteiger partial charge is 0.313 e. The van der Waals surface area contributed by atoms with Crippen LogP contribution in [0.5, 0.6) is 5.75 Å². The topological polar surface area (TPSA) is 85.7 Å².